The van der Waals surface area contributed by atoms with Crippen LogP contribution in [-0.4, -0.2) is 24.9 Å². The highest BCUT2D eigenvalue weighted by Gasteiger charge is 2.38. The van der Waals surface area contributed by atoms with Gasteiger partial charge in [-0.25, -0.2) is 9.69 Å². The van der Waals surface area contributed by atoms with Gasteiger partial charge in [-0.1, -0.05) is 40.2 Å². The molecule has 1 heterocycles. The highest BCUT2D eigenvalue weighted by atomic mass is 79.9. The number of halogens is 1. The summed E-state index contributed by atoms with van der Waals surface area (Å²) in [7, 11) is 1.47. The summed E-state index contributed by atoms with van der Waals surface area (Å²) >= 11 is 3.35. The maximum absolute atomic E-state index is 13.0. The number of fused-ring (bicyclic) bond motifs is 1. The van der Waals surface area contributed by atoms with Crippen LogP contribution in [0.2, 0.25) is 0 Å². The first-order chi connectivity index (χ1) is 14.5. The van der Waals surface area contributed by atoms with E-state index in [1.165, 1.54) is 25.3 Å². The largest absolute Gasteiger partial charge is 0.495 e. The molecule has 0 atom stereocenters. The van der Waals surface area contributed by atoms with Gasteiger partial charge in [0.25, 0.3) is 11.8 Å². The average Bonchev–Trinajstić information content (AvgIpc) is 3.02. The van der Waals surface area contributed by atoms with Crippen LogP contribution >= 0.6 is 15.9 Å². The van der Waals surface area contributed by atoms with Gasteiger partial charge >= 0.3 is 5.97 Å². The number of methoxy groups -OCH3 is 1. The van der Waals surface area contributed by atoms with Crippen LogP contribution in [0.1, 0.15) is 36.6 Å². The Hall–Kier alpha value is -3.45. The third kappa shape index (κ3) is 3.59. The Morgan fingerprint density at radius 1 is 0.933 bits per heavy atom. The Morgan fingerprint density at radius 2 is 1.63 bits per heavy atom. The van der Waals surface area contributed by atoms with E-state index in [1.54, 1.807) is 24.3 Å². The fraction of sp³-hybridized carbons (Fsp3) is 0.0870. The number of carbonyl (C=O) groups is 3. The Morgan fingerprint density at radius 3 is 2.37 bits per heavy atom. The van der Waals surface area contributed by atoms with Gasteiger partial charge in [0, 0.05) is 4.47 Å². The van der Waals surface area contributed by atoms with Crippen molar-refractivity contribution in [3.8, 4) is 5.75 Å². The average molecular weight is 466 g/mol. The minimum absolute atomic E-state index is 0.101. The summed E-state index contributed by atoms with van der Waals surface area (Å²) < 4.78 is 11.5. The molecule has 0 radical (unpaired) electrons. The topological polar surface area (TPSA) is 72.9 Å². The van der Waals surface area contributed by atoms with E-state index in [0.717, 1.165) is 14.9 Å². The highest BCUT2D eigenvalue weighted by Crippen LogP contribution is 2.35. The number of hydrogen-bond acceptors (Lipinski definition) is 5. The highest BCUT2D eigenvalue weighted by molar-refractivity contribution is 9.10. The van der Waals surface area contributed by atoms with E-state index in [4.69, 9.17) is 9.47 Å². The van der Waals surface area contributed by atoms with Crippen LogP contribution in [-0.2, 0) is 11.3 Å². The fourth-order valence-electron chi connectivity index (χ4n) is 3.21. The van der Waals surface area contributed by atoms with Crippen molar-refractivity contribution in [1.82, 2.24) is 0 Å². The third-order valence-corrected chi connectivity index (χ3v) is 5.26. The summed E-state index contributed by atoms with van der Waals surface area (Å²) in [5.74, 6) is -1.14. The van der Waals surface area contributed by atoms with Crippen molar-refractivity contribution in [3.63, 3.8) is 0 Å². The van der Waals surface area contributed by atoms with Crippen LogP contribution < -0.4 is 9.64 Å². The summed E-state index contributed by atoms with van der Waals surface area (Å²) in [6.45, 7) is 0.101. The Bertz CT molecular complexity index is 1160. The molecule has 150 valence electrons. The molecule has 0 aromatic heterocycles. The lowest BCUT2D eigenvalue weighted by Gasteiger charge is -2.16. The van der Waals surface area contributed by atoms with Gasteiger partial charge in [-0.05, 0) is 48.0 Å². The Balaban J connectivity index is 1.57. The number of amides is 2. The number of anilines is 1. The summed E-state index contributed by atoms with van der Waals surface area (Å²) in [6, 6.07) is 18.5. The van der Waals surface area contributed by atoms with Crippen molar-refractivity contribution in [2.45, 2.75) is 6.61 Å². The number of para-hydroxylation sites is 2. The molecule has 1 aliphatic heterocycles. The molecule has 0 fully saturated rings. The molecule has 4 rings (SSSR count). The van der Waals surface area contributed by atoms with Crippen LogP contribution in [0, 0.1) is 0 Å². The minimum atomic E-state index is -0.572. The molecule has 1 aliphatic rings. The normalized spacial score (nSPS) is 12.7. The maximum Gasteiger partial charge on any atom is 0.338 e. The van der Waals surface area contributed by atoms with Crippen molar-refractivity contribution >= 4 is 39.4 Å². The molecule has 3 aromatic carbocycles. The van der Waals surface area contributed by atoms with E-state index in [9.17, 15) is 14.4 Å². The molecule has 0 bridgehead atoms. The predicted molar refractivity (Wildman–Crippen MR) is 114 cm³/mol. The number of nitrogens with zero attached hydrogens (tertiary/aromatic N) is 1. The van der Waals surface area contributed by atoms with E-state index in [-0.39, 0.29) is 23.3 Å². The molecular weight excluding hydrogens is 450 g/mol. The van der Waals surface area contributed by atoms with Gasteiger partial charge in [0.1, 0.15) is 12.4 Å². The van der Waals surface area contributed by atoms with E-state index < -0.39 is 17.8 Å². The number of imide groups is 1. The molecule has 0 unspecified atom stereocenters. The zero-order chi connectivity index (χ0) is 21.3. The van der Waals surface area contributed by atoms with Gasteiger partial charge in [-0.15, -0.1) is 0 Å². The lowest BCUT2D eigenvalue weighted by molar-refractivity contribution is 0.0472. The number of ether oxygens (including phenoxy) is 2. The number of esters is 1. The molecule has 6 nitrogen and oxygen atoms in total. The molecule has 0 saturated carbocycles. The SMILES string of the molecule is COc1ccccc1N1C(=O)c2ccc(C(=O)OCc3ccc(Br)cc3)cc2C1=O. The second kappa shape index (κ2) is 8.12. The minimum Gasteiger partial charge on any atom is -0.495 e. The van der Waals surface area contributed by atoms with Crippen molar-refractivity contribution in [2.75, 3.05) is 12.0 Å². The Labute approximate surface area is 181 Å². The summed E-state index contributed by atoms with van der Waals surface area (Å²) in [5.41, 5.74) is 1.78. The van der Waals surface area contributed by atoms with Crippen LogP contribution in [0.4, 0.5) is 5.69 Å². The molecule has 2 amide bonds. The molecule has 30 heavy (non-hydrogen) atoms. The lowest BCUT2D eigenvalue weighted by Crippen LogP contribution is -2.29. The monoisotopic (exact) mass is 465 g/mol. The smallest absolute Gasteiger partial charge is 0.338 e. The standard InChI is InChI=1S/C23H16BrNO5/c1-29-20-5-3-2-4-19(20)25-21(26)17-11-8-15(12-18(17)22(25)27)23(28)30-13-14-6-9-16(24)10-7-14/h2-12H,13H2,1H3. The number of benzene rings is 3. The second-order valence-electron chi connectivity index (χ2n) is 6.58. The molecule has 3 aromatic rings. The van der Waals surface area contributed by atoms with Crippen molar-refractivity contribution in [1.29, 1.82) is 0 Å². The van der Waals surface area contributed by atoms with Gasteiger partial charge in [-0.3, -0.25) is 9.59 Å². The first-order valence-electron chi connectivity index (χ1n) is 9.07. The Kier molecular flexibility index (Phi) is 5.37. The first-order valence-corrected chi connectivity index (χ1v) is 9.86. The van der Waals surface area contributed by atoms with Gasteiger partial charge < -0.3 is 9.47 Å². The van der Waals surface area contributed by atoms with Crippen molar-refractivity contribution in [3.05, 3.63) is 93.5 Å². The summed E-state index contributed by atoms with van der Waals surface area (Å²) in [5, 5.41) is 0. The molecule has 7 heteroatoms. The van der Waals surface area contributed by atoms with Crippen LogP contribution in [0.3, 0.4) is 0 Å². The summed E-state index contributed by atoms with van der Waals surface area (Å²) in [6.07, 6.45) is 0. The van der Waals surface area contributed by atoms with Gasteiger partial charge in [0.05, 0.1) is 29.5 Å². The molecule has 0 aliphatic carbocycles. The van der Waals surface area contributed by atoms with Crippen LogP contribution in [0.15, 0.2) is 71.2 Å². The van der Waals surface area contributed by atoms with Crippen molar-refractivity contribution < 1.29 is 23.9 Å². The zero-order valence-corrected chi connectivity index (χ0v) is 17.5. The first kappa shape index (κ1) is 19.8. The van der Waals surface area contributed by atoms with E-state index in [0.29, 0.717) is 11.4 Å². The molecule has 0 saturated heterocycles. The number of rotatable bonds is 5. The van der Waals surface area contributed by atoms with Gasteiger partial charge in [0.15, 0.2) is 0 Å². The van der Waals surface area contributed by atoms with Crippen LogP contribution in [0.25, 0.3) is 0 Å². The fourth-order valence-corrected chi connectivity index (χ4v) is 3.48. The van der Waals surface area contributed by atoms with Gasteiger partial charge in [-0.2, -0.15) is 0 Å². The quantitative estimate of drug-likeness (QED) is 0.406. The maximum atomic E-state index is 13.0. The second-order valence-corrected chi connectivity index (χ2v) is 7.50. The zero-order valence-electron chi connectivity index (χ0n) is 15.9. The lowest BCUT2D eigenvalue weighted by atomic mass is 10.1. The molecule has 0 N–H and O–H groups in total. The molecular formula is C23H16BrNO5. The van der Waals surface area contributed by atoms with Crippen LogP contribution in [0.5, 0.6) is 5.75 Å². The number of carbonyl (C=O) groups excluding carboxylic acids is 3. The van der Waals surface area contributed by atoms with Gasteiger partial charge in [0.2, 0.25) is 0 Å². The van der Waals surface area contributed by atoms with E-state index in [1.807, 2.05) is 24.3 Å². The van der Waals surface area contributed by atoms with E-state index >= 15 is 0 Å². The molecule has 0 spiro atoms. The number of hydrogen-bond donors (Lipinski definition) is 0. The van der Waals surface area contributed by atoms with Crippen molar-refractivity contribution in [2.24, 2.45) is 0 Å². The predicted octanol–water partition coefficient (Wildman–Crippen LogP) is 4.62. The summed E-state index contributed by atoms with van der Waals surface area (Å²) in [4.78, 5) is 39.3. The van der Waals surface area contributed by atoms with E-state index in [2.05, 4.69) is 15.9 Å². The third-order valence-electron chi connectivity index (χ3n) is 4.73.